The largest absolute Gasteiger partial charge is 0.264 e. The summed E-state index contributed by atoms with van der Waals surface area (Å²) in [6.07, 6.45) is 16.7. The van der Waals surface area contributed by atoms with E-state index in [9.17, 15) is 0 Å². The van der Waals surface area contributed by atoms with Crippen LogP contribution in [0.15, 0.2) is 83.6 Å². The molecule has 2 aliphatic heterocycles. The molecule has 0 bridgehead atoms. The molecule has 3 heterocycles. The third-order valence-corrected chi connectivity index (χ3v) is 8.88. The van der Waals surface area contributed by atoms with Crippen molar-refractivity contribution in [1.29, 1.82) is 0 Å². The minimum absolute atomic E-state index is 0.112. The summed E-state index contributed by atoms with van der Waals surface area (Å²) in [5.41, 5.74) is 3.98. The van der Waals surface area contributed by atoms with Gasteiger partial charge in [-0.25, -0.2) is 0 Å². The highest BCUT2D eigenvalue weighted by Crippen LogP contribution is 2.57. The van der Waals surface area contributed by atoms with E-state index in [0.717, 1.165) is 12.8 Å². The fourth-order valence-electron chi connectivity index (χ4n) is 4.94. The van der Waals surface area contributed by atoms with E-state index >= 15 is 0 Å². The molecule has 5 rings (SSSR count). The molecule has 4 unspecified atom stereocenters. The third kappa shape index (κ3) is 2.76. The second-order valence-corrected chi connectivity index (χ2v) is 9.93. The zero-order valence-corrected chi connectivity index (χ0v) is 16.4. The maximum atomic E-state index is 4.97. The fraction of sp³-hybridized carbons (Fsp3) is 0.292. The van der Waals surface area contributed by atoms with Gasteiger partial charge in [-0.15, -0.1) is 0 Å². The van der Waals surface area contributed by atoms with Crippen LogP contribution in [-0.4, -0.2) is 27.6 Å². The Morgan fingerprint density at radius 1 is 1.11 bits per heavy atom. The molecule has 0 saturated carbocycles. The van der Waals surface area contributed by atoms with Gasteiger partial charge in [-0.2, -0.15) is 10.5 Å². The van der Waals surface area contributed by atoms with E-state index in [4.69, 9.17) is 4.99 Å². The van der Waals surface area contributed by atoms with Crippen LogP contribution >= 0.6 is 10.5 Å². The molecule has 0 saturated heterocycles. The smallest absolute Gasteiger partial charge is 0.0511 e. The van der Waals surface area contributed by atoms with Gasteiger partial charge in [0.2, 0.25) is 0 Å². The summed E-state index contributed by atoms with van der Waals surface area (Å²) in [5.74, 6) is 0.330. The van der Waals surface area contributed by atoms with Crippen molar-refractivity contribution >= 4 is 21.6 Å². The molecule has 0 radical (unpaired) electrons. The number of allylic oxidation sites excluding steroid dienone is 4. The fourth-order valence-corrected chi connectivity index (χ4v) is 7.74. The number of rotatable bonds is 3. The molecule has 1 aliphatic carbocycles. The molecular weight excluding hydrogens is 348 g/mol. The minimum atomic E-state index is 0.112. The highest BCUT2D eigenvalue weighted by molar-refractivity contribution is 8.16. The number of hydrogen-bond acceptors (Lipinski definition) is 2. The number of hydrogen-bond donors (Lipinski definition) is 0. The molecule has 3 aliphatic rings. The average Bonchev–Trinajstić information content (AvgIpc) is 3.00. The van der Waals surface area contributed by atoms with Gasteiger partial charge in [0.25, 0.3) is 0 Å². The molecular formula is C24H24N2S. The summed E-state index contributed by atoms with van der Waals surface area (Å²) in [7, 11) is 0.225. The number of aromatic nitrogens is 1. The number of aliphatic imine (C=N–C) groups is 1. The average molecular weight is 373 g/mol. The maximum Gasteiger partial charge on any atom is 0.0511 e. The number of nitrogens with zero attached hydrogens (tertiary/aromatic N) is 2. The highest BCUT2D eigenvalue weighted by atomic mass is 32.2. The molecule has 1 aromatic carbocycles. The monoisotopic (exact) mass is 372 g/mol. The van der Waals surface area contributed by atoms with Crippen molar-refractivity contribution in [3.63, 3.8) is 0 Å². The van der Waals surface area contributed by atoms with Crippen LogP contribution in [0.5, 0.6) is 0 Å². The van der Waals surface area contributed by atoms with E-state index in [2.05, 4.69) is 78.1 Å². The van der Waals surface area contributed by atoms with Crippen LogP contribution in [0.25, 0.3) is 0 Å². The first kappa shape index (κ1) is 16.9. The van der Waals surface area contributed by atoms with Crippen LogP contribution in [0.1, 0.15) is 30.0 Å². The van der Waals surface area contributed by atoms with Crippen LogP contribution in [-0.2, 0) is 6.42 Å². The Hall–Kier alpha value is -2.26. The molecule has 0 fully saturated rings. The lowest BCUT2D eigenvalue weighted by Gasteiger charge is -2.40. The van der Waals surface area contributed by atoms with E-state index in [0.29, 0.717) is 11.2 Å². The van der Waals surface area contributed by atoms with Gasteiger partial charge in [-0.05, 0) is 47.7 Å². The molecule has 0 N–H and O–H groups in total. The normalized spacial score (nSPS) is 31.4. The summed E-state index contributed by atoms with van der Waals surface area (Å²) in [5, 5.41) is 0.637. The Morgan fingerprint density at radius 3 is 2.78 bits per heavy atom. The van der Waals surface area contributed by atoms with Gasteiger partial charge in [-0.3, -0.25) is 9.98 Å². The topological polar surface area (TPSA) is 25.2 Å². The first-order valence-electron chi connectivity index (χ1n) is 9.66. The van der Waals surface area contributed by atoms with E-state index in [1.54, 1.807) is 4.86 Å². The van der Waals surface area contributed by atoms with Crippen molar-refractivity contribution in [1.82, 2.24) is 4.98 Å². The summed E-state index contributed by atoms with van der Waals surface area (Å²) in [6.45, 7) is 0. The molecule has 1 aromatic heterocycles. The van der Waals surface area contributed by atoms with Gasteiger partial charge in [-0.1, -0.05) is 48.6 Å². The van der Waals surface area contributed by atoms with Gasteiger partial charge in [0.1, 0.15) is 0 Å². The zero-order chi connectivity index (χ0) is 18.3. The molecule has 0 amide bonds. The number of benzene rings is 1. The molecule has 2 aromatic rings. The number of pyridine rings is 1. The predicted octanol–water partition coefficient (Wildman–Crippen LogP) is 5.17. The third-order valence-electron chi connectivity index (χ3n) is 6.21. The second kappa shape index (κ2) is 6.72. The molecule has 27 heavy (non-hydrogen) atoms. The first-order chi connectivity index (χ1) is 13.3. The Bertz CT molecular complexity index is 972. The van der Waals surface area contributed by atoms with Crippen molar-refractivity contribution in [2.24, 2.45) is 10.4 Å². The van der Waals surface area contributed by atoms with Crippen molar-refractivity contribution in [2.75, 3.05) is 6.26 Å². The molecule has 1 spiro atoms. The molecule has 136 valence electrons. The Balaban J connectivity index is 1.61. The van der Waals surface area contributed by atoms with Crippen LogP contribution in [0, 0.1) is 5.41 Å². The van der Waals surface area contributed by atoms with Gasteiger partial charge in [0, 0.05) is 41.1 Å². The van der Waals surface area contributed by atoms with E-state index in [-0.39, 0.29) is 15.9 Å². The van der Waals surface area contributed by atoms with Gasteiger partial charge < -0.3 is 0 Å². The molecule has 4 atom stereocenters. The van der Waals surface area contributed by atoms with Crippen LogP contribution < -0.4 is 0 Å². The quantitative estimate of drug-likeness (QED) is 0.683. The SMILES string of the molecule is CS1=C2C(c3ccccc3)C=NC3=CC=CCC32CC1Cc1ccccn1. The summed E-state index contributed by atoms with van der Waals surface area (Å²) >= 11 is 0. The Kier molecular flexibility index (Phi) is 4.20. The maximum absolute atomic E-state index is 4.97. The van der Waals surface area contributed by atoms with E-state index in [1.807, 2.05) is 12.3 Å². The summed E-state index contributed by atoms with van der Waals surface area (Å²) in [6, 6.07) is 17.2. The van der Waals surface area contributed by atoms with Crippen LogP contribution in [0.4, 0.5) is 0 Å². The zero-order valence-electron chi connectivity index (χ0n) is 15.6. The highest BCUT2D eigenvalue weighted by Gasteiger charge is 2.50. The van der Waals surface area contributed by atoms with Crippen molar-refractivity contribution < 1.29 is 0 Å². The summed E-state index contributed by atoms with van der Waals surface area (Å²) in [4.78, 5) is 11.3. The Labute approximate surface area is 163 Å². The summed E-state index contributed by atoms with van der Waals surface area (Å²) < 4.78 is 0. The van der Waals surface area contributed by atoms with Crippen LogP contribution in [0.2, 0.25) is 0 Å². The minimum Gasteiger partial charge on any atom is -0.264 e. The first-order valence-corrected chi connectivity index (χ1v) is 11.4. The van der Waals surface area contributed by atoms with Gasteiger partial charge in [0.15, 0.2) is 0 Å². The Morgan fingerprint density at radius 2 is 1.96 bits per heavy atom. The van der Waals surface area contributed by atoms with Gasteiger partial charge in [0.05, 0.1) is 5.70 Å². The second-order valence-electron chi connectivity index (χ2n) is 7.71. The van der Waals surface area contributed by atoms with E-state index in [1.165, 1.54) is 23.4 Å². The van der Waals surface area contributed by atoms with Crippen molar-refractivity contribution in [2.45, 2.75) is 30.4 Å². The van der Waals surface area contributed by atoms with Gasteiger partial charge >= 0.3 is 0 Å². The lowest BCUT2D eigenvalue weighted by atomic mass is 9.67. The predicted molar refractivity (Wildman–Crippen MR) is 117 cm³/mol. The standard InChI is InChI=1S/C24H24N2S/c1-27-20(15-19-11-6-8-14-25-19)16-24-13-7-5-12-22(24)26-17-21(23(24)27)18-9-3-2-4-10-18/h2-12,14,17,20-21H,13,15-16H2,1H3. The lowest BCUT2D eigenvalue weighted by Crippen LogP contribution is -2.38. The lowest BCUT2D eigenvalue weighted by molar-refractivity contribution is 0.448. The van der Waals surface area contributed by atoms with Crippen molar-refractivity contribution in [3.8, 4) is 0 Å². The van der Waals surface area contributed by atoms with E-state index < -0.39 is 0 Å². The van der Waals surface area contributed by atoms with Crippen molar-refractivity contribution in [3.05, 3.63) is 89.9 Å². The molecule has 2 nitrogen and oxygen atoms in total. The molecule has 3 heteroatoms. The van der Waals surface area contributed by atoms with Crippen LogP contribution in [0.3, 0.4) is 0 Å².